The molecule has 1 amide bonds. The fourth-order valence-corrected chi connectivity index (χ4v) is 5.69. The predicted octanol–water partition coefficient (Wildman–Crippen LogP) is 7.33. The molecule has 10 heteroatoms. The zero-order chi connectivity index (χ0) is 27.0. The van der Waals surface area contributed by atoms with Gasteiger partial charge in [0.25, 0.3) is 0 Å². The lowest BCUT2D eigenvalue weighted by atomic mass is 9.95. The van der Waals surface area contributed by atoms with Crippen LogP contribution in [0.5, 0.6) is 0 Å². The number of carbonyl (C=O) groups is 1. The third-order valence-corrected chi connectivity index (χ3v) is 8.19. The van der Waals surface area contributed by atoms with Crippen molar-refractivity contribution in [2.45, 2.75) is 36.9 Å². The molecule has 2 unspecified atom stereocenters. The number of nitrogens with one attached hydrogen (secondary N) is 1. The molecule has 0 aliphatic heterocycles. The molecule has 5 rings (SSSR count). The molecule has 1 heterocycles. The molecule has 1 aliphatic rings. The van der Waals surface area contributed by atoms with Crippen LogP contribution in [0.2, 0.25) is 10.0 Å². The summed E-state index contributed by atoms with van der Waals surface area (Å²) in [5, 5.41) is 3.10. The maximum atomic E-state index is 13.3. The molecule has 1 aromatic heterocycles. The van der Waals surface area contributed by atoms with Crippen molar-refractivity contribution in [3.8, 4) is 11.3 Å². The molecule has 2 atom stereocenters. The minimum Gasteiger partial charge on any atom is -0.440 e. The summed E-state index contributed by atoms with van der Waals surface area (Å²) in [7, 11) is 0. The number of aromatic nitrogens is 1. The maximum Gasteiger partial charge on any atom is 0.228 e. The fraction of sp³-hybridized carbons (Fsp3) is 0.214. The number of benzene rings is 3. The third kappa shape index (κ3) is 5.40. The second-order valence-corrected chi connectivity index (χ2v) is 11.4. The highest BCUT2D eigenvalue weighted by Gasteiger charge is 2.52. The van der Waals surface area contributed by atoms with Gasteiger partial charge in [0.2, 0.25) is 11.8 Å². The van der Waals surface area contributed by atoms with Crippen LogP contribution in [0.25, 0.3) is 11.3 Å². The molecular formula is C28H23Cl2FN2O4S. The average Bonchev–Trinajstić information content (AvgIpc) is 3.50. The van der Waals surface area contributed by atoms with Crippen molar-refractivity contribution in [1.82, 2.24) is 4.98 Å². The van der Waals surface area contributed by atoms with Crippen molar-refractivity contribution in [1.29, 1.82) is 0 Å². The Bertz CT molecular complexity index is 1500. The Kier molecular flexibility index (Phi) is 7.42. The average molecular weight is 573 g/mol. The van der Waals surface area contributed by atoms with Gasteiger partial charge in [-0.2, -0.15) is 0 Å². The number of carbonyl (C=O) groups excluding carboxylic acids is 1. The quantitative estimate of drug-likeness (QED) is 0.215. The molecule has 0 spiro atoms. The van der Waals surface area contributed by atoms with Crippen LogP contribution >= 0.6 is 23.2 Å². The minimum absolute atomic E-state index is 0.111. The van der Waals surface area contributed by atoms with E-state index in [2.05, 4.69) is 10.3 Å². The van der Waals surface area contributed by atoms with E-state index in [4.69, 9.17) is 27.6 Å². The molecule has 1 fully saturated rings. The number of hydrogen-bond donors (Lipinski definition) is 2. The largest absolute Gasteiger partial charge is 0.440 e. The van der Waals surface area contributed by atoms with Gasteiger partial charge >= 0.3 is 0 Å². The van der Waals surface area contributed by atoms with Gasteiger partial charge in [-0.25, -0.2) is 13.6 Å². The molecule has 0 saturated heterocycles. The lowest BCUT2D eigenvalue weighted by Gasteiger charge is -2.17. The highest BCUT2D eigenvalue weighted by atomic mass is 35.5. The Hall–Kier alpha value is -3.04. The molecule has 38 heavy (non-hydrogen) atoms. The van der Waals surface area contributed by atoms with Crippen LogP contribution in [-0.2, 0) is 27.7 Å². The molecule has 3 aromatic carbocycles. The summed E-state index contributed by atoms with van der Waals surface area (Å²) in [6, 6.07) is 16.3. The van der Waals surface area contributed by atoms with Gasteiger partial charge in [0.15, 0.2) is 16.8 Å². The highest BCUT2D eigenvalue weighted by Crippen LogP contribution is 2.57. The summed E-state index contributed by atoms with van der Waals surface area (Å²) in [5.41, 5.74) is 2.78. The van der Waals surface area contributed by atoms with Crippen LogP contribution in [0.3, 0.4) is 0 Å². The first-order valence-electron chi connectivity index (χ1n) is 11.9. The lowest BCUT2D eigenvalue weighted by molar-refractivity contribution is -0.115. The maximum absolute atomic E-state index is 13.3. The van der Waals surface area contributed by atoms with Gasteiger partial charge in [0.1, 0.15) is 5.82 Å². The van der Waals surface area contributed by atoms with Crippen molar-refractivity contribution < 1.29 is 22.4 Å². The normalized spacial score (nSPS) is 15.6. The molecule has 2 N–H and O–H groups in total. The first kappa shape index (κ1) is 26.6. The van der Waals surface area contributed by atoms with Gasteiger partial charge in [0, 0.05) is 26.9 Å². The molecular weight excluding hydrogens is 550 g/mol. The summed E-state index contributed by atoms with van der Waals surface area (Å²) in [6.07, 6.45) is 3.22. The van der Waals surface area contributed by atoms with E-state index in [0.717, 1.165) is 18.4 Å². The first-order valence-corrected chi connectivity index (χ1v) is 13.8. The van der Waals surface area contributed by atoms with Crippen molar-refractivity contribution in [2.24, 2.45) is 0 Å². The highest BCUT2D eigenvalue weighted by molar-refractivity contribution is 7.79. The molecule has 0 bridgehead atoms. The van der Waals surface area contributed by atoms with Crippen molar-refractivity contribution >= 4 is 45.9 Å². The standard InChI is InChI=1S/C28H23Cl2FN2O4S/c1-16(38(35)36)18-4-2-17(3-5-18)12-25(34)33-21-13-22(29)26(23(30)14-21)28(10-11-28)27-32-15-24(37-27)19-6-8-20(31)9-7-19/h2-9,13-16H,10-12H2,1H3,(H,33,34)(H,35,36). The monoisotopic (exact) mass is 572 g/mol. The smallest absolute Gasteiger partial charge is 0.228 e. The van der Waals surface area contributed by atoms with Gasteiger partial charge < -0.3 is 14.3 Å². The van der Waals surface area contributed by atoms with Gasteiger partial charge in [0.05, 0.1) is 23.3 Å². The number of anilines is 1. The van der Waals surface area contributed by atoms with E-state index in [0.29, 0.717) is 44.1 Å². The van der Waals surface area contributed by atoms with Gasteiger partial charge in [-0.05, 0) is 67.3 Å². The fourth-order valence-electron chi connectivity index (χ4n) is 4.45. The molecule has 4 aromatic rings. The van der Waals surface area contributed by atoms with Gasteiger partial charge in [-0.1, -0.05) is 47.5 Å². The van der Waals surface area contributed by atoms with Crippen LogP contribution < -0.4 is 5.32 Å². The Labute approximate surface area is 231 Å². The Balaban J connectivity index is 1.31. The topological polar surface area (TPSA) is 92.4 Å². The predicted molar refractivity (Wildman–Crippen MR) is 146 cm³/mol. The van der Waals surface area contributed by atoms with E-state index in [1.54, 1.807) is 61.7 Å². The van der Waals surface area contributed by atoms with E-state index in [-0.39, 0.29) is 18.1 Å². The van der Waals surface area contributed by atoms with Crippen LogP contribution in [0, 0.1) is 5.82 Å². The van der Waals surface area contributed by atoms with E-state index >= 15 is 0 Å². The summed E-state index contributed by atoms with van der Waals surface area (Å²) in [5.74, 6) is 0.422. The molecule has 1 aliphatic carbocycles. The molecule has 1 saturated carbocycles. The zero-order valence-corrected chi connectivity index (χ0v) is 22.5. The Morgan fingerprint density at radius 1 is 1.13 bits per heavy atom. The summed E-state index contributed by atoms with van der Waals surface area (Å²) in [6.45, 7) is 1.66. The van der Waals surface area contributed by atoms with Crippen molar-refractivity contribution in [3.05, 3.63) is 105 Å². The van der Waals surface area contributed by atoms with E-state index in [9.17, 15) is 17.9 Å². The SMILES string of the molecule is CC(c1ccc(CC(=O)Nc2cc(Cl)c(C3(c4ncc(-c5ccc(F)cc5)o4)CC3)c(Cl)c2)cc1)S(=O)O. The summed E-state index contributed by atoms with van der Waals surface area (Å²) in [4.78, 5) is 17.1. The first-order chi connectivity index (χ1) is 18.2. The Morgan fingerprint density at radius 2 is 1.76 bits per heavy atom. The summed E-state index contributed by atoms with van der Waals surface area (Å²) < 4.78 is 39.9. The second kappa shape index (κ2) is 10.6. The van der Waals surface area contributed by atoms with Crippen LogP contribution in [0.4, 0.5) is 10.1 Å². The van der Waals surface area contributed by atoms with Crippen LogP contribution in [0.15, 0.2) is 71.3 Å². The number of halogens is 3. The number of hydrogen-bond acceptors (Lipinski definition) is 4. The number of amides is 1. The number of nitrogens with zero attached hydrogens (tertiary/aromatic N) is 1. The number of rotatable bonds is 8. The third-order valence-electron chi connectivity index (χ3n) is 6.71. The van der Waals surface area contributed by atoms with E-state index in [1.165, 1.54) is 12.1 Å². The number of oxazole rings is 1. The van der Waals surface area contributed by atoms with Gasteiger partial charge in [-0.15, -0.1) is 0 Å². The van der Waals surface area contributed by atoms with Crippen molar-refractivity contribution in [3.63, 3.8) is 0 Å². The van der Waals surface area contributed by atoms with Crippen LogP contribution in [-0.4, -0.2) is 19.7 Å². The Morgan fingerprint density at radius 3 is 2.34 bits per heavy atom. The van der Waals surface area contributed by atoms with E-state index in [1.807, 2.05) is 0 Å². The lowest BCUT2D eigenvalue weighted by Crippen LogP contribution is -2.16. The summed E-state index contributed by atoms with van der Waals surface area (Å²) >= 11 is 11.4. The molecule has 196 valence electrons. The molecule has 0 radical (unpaired) electrons. The van der Waals surface area contributed by atoms with E-state index < -0.39 is 21.7 Å². The zero-order valence-electron chi connectivity index (χ0n) is 20.2. The minimum atomic E-state index is -1.96. The molecule has 6 nitrogen and oxygen atoms in total. The van der Waals surface area contributed by atoms with Crippen LogP contribution in [0.1, 0.15) is 47.6 Å². The van der Waals surface area contributed by atoms with Crippen molar-refractivity contribution in [2.75, 3.05) is 5.32 Å². The second-order valence-electron chi connectivity index (χ2n) is 9.32. The van der Waals surface area contributed by atoms with Gasteiger partial charge in [-0.3, -0.25) is 4.79 Å².